The molecule has 29 heavy (non-hydrogen) atoms. The Balaban J connectivity index is 1.60. The van der Waals surface area contributed by atoms with E-state index in [0.717, 1.165) is 11.4 Å². The Bertz CT molecular complexity index is 943. The molecule has 3 rings (SSSR count). The van der Waals surface area contributed by atoms with E-state index >= 15 is 0 Å². The Morgan fingerprint density at radius 3 is 2.31 bits per heavy atom. The van der Waals surface area contributed by atoms with Crippen molar-refractivity contribution in [1.82, 2.24) is 14.8 Å². The first-order chi connectivity index (χ1) is 13.7. The van der Waals surface area contributed by atoms with Crippen LogP contribution in [-0.4, -0.2) is 63.7 Å². The Kier molecular flexibility index (Phi) is 6.13. The third-order valence-corrected chi connectivity index (χ3v) is 6.75. The van der Waals surface area contributed by atoms with Crippen molar-refractivity contribution < 1.29 is 22.5 Å². The highest BCUT2D eigenvalue weighted by atomic mass is 32.2. The second-order valence-electron chi connectivity index (χ2n) is 7.01. The Morgan fingerprint density at radius 1 is 1.17 bits per heavy atom. The molecule has 1 aliphatic rings. The largest absolute Gasteiger partial charge is 0.497 e. The van der Waals surface area contributed by atoms with Crippen LogP contribution in [0, 0.1) is 13.8 Å². The van der Waals surface area contributed by atoms with E-state index in [1.54, 1.807) is 25.9 Å². The summed E-state index contributed by atoms with van der Waals surface area (Å²) in [5.41, 5.74) is 1.33. The van der Waals surface area contributed by atoms with Crippen LogP contribution in [0.3, 0.4) is 0 Å². The van der Waals surface area contributed by atoms with Crippen LogP contribution in [0.15, 0.2) is 33.7 Å². The minimum Gasteiger partial charge on any atom is -0.497 e. The summed E-state index contributed by atoms with van der Waals surface area (Å²) in [6, 6.07) is 6.88. The van der Waals surface area contributed by atoms with Crippen LogP contribution in [0.5, 0.6) is 5.75 Å². The van der Waals surface area contributed by atoms with Crippen molar-refractivity contribution in [2.45, 2.75) is 31.7 Å². The molecule has 0 bridgehead atoms. The zero-order chi connectivity index (χ0) is 21.2. The van der Waals surface area contributed by atoms with Gasteiger partial charge in [-0.15, -0.1) is 0 Å². The number of anilines is 1. The highest BCUT2D eigenvalue weighted by Crippen LogP contribution is 2.21. The summed E-state index contributed by atoms with van der Waals surface area (Å²) < 4.78 is 37.8. The monoisotopic (exact) mass is 422 g/mol. The van der Waals surface area contributed by atoms with E-state index < -0.39 is 16.1 Å². The highest BCUT2D eigenvalue weighted by Gasteiger charge is 2.31. The fraction of sp³-hybridized carbons (Fsp3) is 0.474. The number of carbonyl (C=O) groups is 1. The third-order valence-electron chi connectivity index (χ3n) is 4.97. The predicted molar refractivity (Wildman–Crippen MR) is 108 cm³/mol. The van der Waals surface area contributed by atoms with Crippen molar-refractivity contribution in [2.75, 3.05) is 38.2 Å². The van der Waals surface area contributed by atoms with Crippen LogP contribution in [-0.2, 0) is 14.8 Å². The second-order valence-corrected chi connectivity index (χ2v) is 8.66. The maximum atomic E-state index is 12.8. The molecule has 10 heteroatoms. The summed E-state index contributed by atoms with van der Waals surface area (Å²) in [4.78, 5) is 16.6. The molecule has 1 aromatic heterocycles. The molecule has 0 aliphatic carbocycles. The topological polar surface area (TPSA) is 105 Å². The molecule has 1 atom stereocenters. The number of nitrogens with one attached hydrogen (secondary N) is 1. The molecule has 1 N–H and O–H groups in total. The number of methoxy groups -OCH3 is 1. The highest BCUT2D eigenvalue weighted by molar-refractivity contribution is 7.89. The van der Waals surface area contributed by atoms with E-state index in [1.165, 1.54) is 6.92 Å². The normalized spacial score (nSPS) is 16.0. The number of hydrogen-bond donors (Lipinski definition) is 1. The second kappa shape index (κ2) is 8.42. The van der Waals surface area contributed by atoms with Crippen molar-refractivity contribution in [3.63, 3.8) is 0 Å². The number of piperazine rings is 1. The fourth-order valence-electron chi connectivity index (χ4n) is 3.45. The number of hydrogen-bond acceptors (Lipinski definition) is 7. The minimum atomic E-state index is -3.90. The molecule has 2 heterocycles. The van der Waals surface area contributed by atoms with Gasteiger partial charge in [-0.2, -0.15) is 4.72 Å². The number of carbonyl (C=O) groups excluding carboxylic acids is 1. The average molecular weight is 423 g/mol. The average Bonchev–Trinajstić information content (AvgIpc) is 3.06. The standard InChI is InChI=1S/C19H26N4O5S/c1-13-18(15(3)28-20-13)29(25,26)21-14(2)19(24)23-11-9-22(10-12-23)16-5-7-17(27-4)8-6-16/h5-8,14,21H,9-12H2,1-4H3/t14-/m0/s1. The maximum Gasteiger partial charge on any atom is 0.246 e. The van der Waals surface area contributed by atoms with Crippen molar-refractivity contribution in [2.24, 2.45) is 0 Å². The van der Waals surface area contributed by atoms with E-state index in [4.69, 9.17) is 9.26 Å². The molecule has 158 valence electrons. The summed E-state index contributed by atoms with van der Waals surface area (Å²) in [5.74, 6) is 0.736. The molecule has 0 spiro atoms. The van der Waals surface area contributed by atoms with Crippen LogP contribution < -0.4 is 14.4 Å². The van der Waals surface area contributed by atoms with Gasteiger partial charge in [0.15, 0.2) is 5.76 Å². The van der Waals surface area contributed by atoms with Gasteiger partial charge >= 0.3 is 0 Å². The van der Waals surface area contributed by atoms with E-state index in [-0.39, 0.29) is 22.3 Å². The molecule has 1 aliphatic heterocycles. The van der Waals surface area contributed by atoms with Crippen molar-refractivity contribution >= 4 is 21.6 Å². The summed E-state index contributed by atoms with van der Waals surface area (Å²) in [7, 11) is -2.27. The number of aryl methyl sites for hydroxylation is 2. The number of sulfonamides is 1. The van der Waals surface area contributed by atoms with Gasteiger partial charge in [-0.1, -0.05) is 5.16 Å². The fourth-order valence-corrected chi connectivity index (χ4v) is 4.98. The van der Waals surface area contributed by atoms with Gasteiger partial charge in [0.25, 0.3) is 0 Å². The van der Waals surface area contributed by atoms with Crippen molar-refractivity contribution in [1.29, 1.82) is 0 Å². The number of aromatic nitrogens is 1. The lowest BCUT2D eigenvalue weighted by Crippen LogP contribution is -2.54. The molecule has 0 unspecified atom stereocenters. The first-order valence-corrected chi connectivity index (χ1v) is 10.8. The van der Waals surface area contributed by atoms with Gasteiger partial charge in [-0.25, -0.2) is 8.42 Å². The lowest BCUT2D eigenvalue weighted by Gasteiger charge is -2.37. The van der Waals surface area contributed by atoms with Gasteiger partial charge in [0.2, 0.25) is 15.9 Å². The molecule has 1 amide bonds. The van der Waals surface area contributed by atoms with E-state index in [9.17, 15) is 13.2 Å². The molecule has 9 nitrogen and oxygen atoms in total. The summed E-state index contributed by atoms with van der Waals surface area (Å²) in [6.07, 6.45) is 0. The number of amides is 1. The van der Waals surface area contributed by atoms with Gasteiger partial charge in [0, 0.05) is 31.9 Å². The molecule has 1 fully saturated rings. The number of rotatable bonds is 6. The van der Waals surface area contributed by atoms with Crippen molar-refractivity contribution in [3.05, 3.63) is 35.7 Å². The Labute approximate surface area is 170 Å². The molecule has 1 saturated heterocycles. The maximum absolute atomic E-state index is 12.8. The molecule has 0 radical (unpaired) electrons. The molecular weight excluding hydrogens is 396 g/mol. The van der Waals surface area contributed by atoms with E-state index in [2.05, 4.69) is 14.8 Å². The van der Waals surface area contributed by atoms with E-state index in [0.29, 0.717) is 26.2 Å². The smallest absolute Gasteiger partial charge is 0.246 e. The molecule has 2 aromatic rings. The number of ether oxygens (including phenoxy) is 1. The third kappa shape index (κ3) is 4.54. The van der Waals surface area contributed by atoms with E-state index in [1.807, 2.05) is 24.3 Å². The van der Waals surface area contributed by atoms with Crippen LogP contribution in [0.1, 0.15) is 18.4 Å². The Hall–Kier alpha value is -2.59. The summed E-state index contributed by atoms with van der Waals surface area (Å²) >= 11 is 0. The van der Waals surface area contributed by atoms with Gasteiger partial charge in [0.05, 0.1) is 13.2 Å². The summed E-state index contributed by atoms with van der Waals surface area (Å²) in [5, 5.41) is 3.67. The number of nitrogens with zero attached hydrogens (tertiary/aromatic N) is 3. The first kappa shape index (κ1) is 21.1. The van der Waals surface area contributed by atoms with Crippen LogP contribution in [0.2, 0.25) is 0 Å². The van der Waals surface area contributed by atoms with Gasteiger partial charge in [-0.05, 0) is 45.0 Å². The summed E-state index contributed by atoms with van der Waals surface area (Å²) in [6.45, 7) is 7.00. The van der Waals surface area contributed by atoms with Gasteiger partial charge < -0.3 is 19.1 Å². The Morgan fingerprint density at radius 2 is 1.79 bits per heavy atom. The lowest BCUT2D eigenvalue weighted by atomic mass is 10.2. The zero-order valence-corrected chi connectivity index (χ0v) is 17.8. The van der Waals surface area contributed by atoms with Crippen LogP contribution in [0.4, 0.5) is 5.69 Å². The molecule has 0 saturated carbocycles. The lowest BCUT2D eigenvalue weighted by molar-refractivity contribution is -0.132. The van der Waals surface area contributed by atoms with Gasteiger partial charge in [-0.3, -0.25) is 4.79 Å². The first-order valence-electron chi connectivity index (χ1n) is 9.36. The molecule has 1 aromatic carbocycles. The van der Waals surface area contributed by atoms with Crippen LogP contribution in [0.25, 0.3) is 0 Å². The number of benzene rings is 1. The minimum absolute atomic E-state index is 0.0125. The predicted octanol–water partition coefficient (Wildman–Crippen LogP) is 1.32. The zero-order valence-electron chi connectivity index (χ0n) is 17.0. The van der Waals surface area contributed by atoms with Crippen molar-refractivity contribution in [3.8, 4) is 5.75 Å². The van der Waals surface area contributed by atoms with Gasteiger partial charge in [0.1, 0.15) is 16.3 Å². The SMILES string of the molecule is COc1ccc(N2CCN(C(=O)[C@H](C)NS(=O)(=O)c3c(C)noc3C)CC2)cc1. The quantitative estimate of drug-likeness (QED) is 0.748. The molecular formula is C19H26N4O5S. The van der Waals surface area contributed by atoms with Crippen LogP contribution >= 0.6 is 0 Å².